The topological polar surface area (TPSA) is 43.1 Å². The summed E-state index contributed by atoms with van der Waals surface area (Å²) in [5.41, 5.74) is 9.98. The standard InChI is InChI=1S/C14H15NOS/c1-9-7-17-8-13(9)12-5-3-11(4-6-12)10(2)14(15)16/h3-8,10H,1-2H3,(H2,15,16). The van der Waals surface area contributed by atoms with Gasteiger partial charge in [-0.15, -0.1) is 0 Å². The maximum atomic E-state index is 11.1. The molecule has 0 saturated heterocycles. The van der Waals surface area contributed by atoms with Crippen molar-refractivity contribution in [1.82, 2.24) is 0 Å². The van der Waals surface area contributed by atoms with Crippen molar-refractivity contribution in [3.63, 3.8) is 0 Å². The van der Waals surface area contributed by atoms with E-state index in [0.29, 0.717) is 0 Å². The Morgan fingerprint density at radius 2 is 1.88 bits per heavy atom. The van der Waals surface area contributed by atoms with Crippen LogP contribution in [0.1, 0.15) is 24.0 Å². The van der Waals surface area contributed by atoms with Gasteiger partial charge in [-0.1, -0.05) is 24.3 Å². The van der Waals surface area contributed by atoms with E-state index in [-0.39, 0.29) is 11.8 Å². The van der Waals surface area contributed by atoms with Gasteiger partial charge in [-0.2, -0.15) is 11.3 Å². The van der Waals surface area contributed by atoms with Crippen molar-refractivity contribution < 1.29 is 4.79 Å². The van der Waals surface area contributed by atoms with E-state index in [0.717, 1.165) is 5.56 Å². The fraction of sp³-hybridized carbons (Fsp3) is 0.214. The van der Waals surface area contributed by atoms with Crippen molar-refractivity contribution in [2.75, 3.05) is 0 Å². The Balaban J connectivity index is 2.31. The van der Waals surface area contributed by atoms with E-state index in [1.165, 1.54) is 16.7 Å². The molecule has 1 amide bonds. The van der Waals surface area contributed by atoms with Crippen LogP contribution in [0.3, 0.4) is 0 Å². The third-order valence-corrected chi connectivity index (χ3v) is 3.87. The van der Waals surface area contributed by atoms with Gasteiger partial charge in [0.05, 0.1) is 5.92 Å². The molecule has 0 radical (unpaired) electrons. The van der Waals surface area contributed by atoms with Crippen LogP contribution >= 0.6 is 11.3 Å². The van der Waals surface area contributed by atoms with E-state index in [2.05, 4.69) is 17.7 Å². The van der Waals surface area contributed by atoms with E-state index < -0.39 is 0 Å². The molecule has 17 heavy (non-hydrogen) atoms. The van der Waals surface area contributed by atoms with Gasteiger partial charge in [0.1, 0.15) is 0 Å². The summed E-state index contributed by atoms with van der Waals surface area (Å²) in [6, 6.07) is 8.04. The maximum Gasteiger partial charge on any atom is 0.224 e. The molecule has 1 atom stereocenters. The number of thiophene rings is 1. The van der Waals surface area contributed by atoms with Crippen LogP contribution in [-0.2, 0) is 4.79 Å². The summed E-state index contributed by atoms with van der Waals surface area (Å²) in [5.74, 6) is -0.517. The van der Waals surface area contributed by atoms with Gasteiger partial charge in [0.25, 0.3) is 0 Å². The second-order valence-electron chi connectivity index (χ2n) is 4.21. The average molecular weight is 245 g/mol. The molecule has 1 heterocycles. The van der Waals surface area contributed by atoms with Crippen molar-refractivity contribution in [3.8, 4) is 11.1 Å². The zero-order chi connectivity index (χ0) is 12.4. The predicted octanol–water partition coefficient (Wildman–Crippen LogP) is 3.31. The Morgan fingerprint density at radius 3 is 2.35 bits per heavy atom. The molecule has 1 aromatic heterocycles. The lowest BCUT2D eigenvalue weighted by Gasteiger charge is -2.08. The molecule has 2 N–H and O–H groups in total. The second-order valence-corrected chi connectivity index (χ2v) is 4.96. The van der Waals surface area contributed by atoms with Crippen molar-refractivity contribution in [2.24, 2.45) is 5.73 Å². The van der Waals surface area contributed by atoms with Crippen molar-refractivity contribution in [1.29, 1.82) is 0 Å². The van der Waals surface area contributed by atoms with Gasteiger partial charge >= 0.3 is 0 Å². The normalized spacial score (nSPS) is 12.4. The molecule has 2 nitrogen and oxygen atoms in total. The number of carbonyl (C=O) groups is 1. The highest BCUT2D eigenvalue weighted by molar-refractivity contribution is 7.08. The molecule has 0 saturated carbocycles. The van der Waals surface area contributed by atoms with Crippen LogP contribution in [0.5, 0.6) is 0 Å². The lowest BCUT2D eigenvalue weighted by atomic mass is 9.97. The first-order valence-corrected chi connectivity index (χ1v) is 6.46. The van der Waals surface area contributed by atoms with Crippen LogP contribution in [0.2, 0.25) is 0 Å². The minimum Gasteiger partial charge on any atom is -0.369 e. The summed E-state index contributed by atoms with van der Waals surface area (Å²) in [7, 11) is 0. The van der Waals surface area contributed by atoms with Crippen LogP contribution < -0.4 is 5.73 Å². The Bertz CT molecular complexity index is 527. The minimum atomic E-state index is -0.288. The summed E-state index contributed by atoms with van der Waals surface area (Å²) < 4.78 is 0. The van der Waals surface area contributed by atoms with E-state index >= 15 is 0 Å². The van der Waals surface area contributed by atoms with Gasteiger partial charge in [0, 0.05) is 0 Å². The lowest BCUT2D eigenvalue weighted by molar-refractivity contribution is -0.119. The zero-order valence-electron chi connectivity index (χ0n) is 9.94. The number of amides is 1. The number of nitrogens with two attached hydrogens (primary N) is 1. The van der Waals surface area contributed by atoms with Gasteiger partial charge in [-0.3, -0.25) is 4.79 Å². The van der Waals surface area contributed by atoms with Gasteiger partial charge in [-0.25, -0.2) is 0 Å². The van der Waals surface area contributed by atoms with Crippen molar-refractivity contribution in [2.45, 2.75) is 19.8 Å². The van der Waals surface area contributed by atoms with E-state index in [9.17, 15) is 4.79 Å². The summed E-state index contributed by atoms with van der Waals surface area (Å²) in [6.45, 7) is 3.93. The minimum absolute atomic E-state index is 0.229. The monoisotopic (exact) mass is 245 g/mol. The maximum absolute atomic E-state index is 11.1. The Morgan fingerprint density at radius 1 is 1.24 bits per heavy atom. The third kappa shape index (κ3) is 2.39. The Hall–Kier alpha value is -1.61. The molecule has 2 rings (SSSR count). The van der Waals surface area contributed by atoms with E-state index in [1.807, 2.05) is 31.2 Å². The smallest absolute Gasteiger partial charge is 0.224 e. The predicted molar refractivity (Wildman–Crippen MR) is 72.1 cm³/mol. The molecule has 0 aliphatic rings. The van der Waals surface area contributed by atoms with Crippen molar-refractivity contribution in [3.05, 3.63) is 46.2 Å². The molecule has 0 bridgehead atoms. The Kier molecular flexibility index (Phi) is 3.29. The van der Waals surface area contributed by atoms with Crippen LogP contribution in [0.25, 0.3) is 11.1 Å². The highest BCUT2D eigenvalue weighted by Gasteiger charge is 2.11. The zero-order valence-corrected chi connectivity index (χ0v) is 10.8. The molecule has 0 aliphatic carbocycles. The van der Waals surface area contributed by atoms with Crippen LogP contribution in [0.15, 0.2) is 35.0 Å². The van der Waals surface area contributed by atoms with E-state index in [1.54, 1.807) is 11.3 Å². The molecule has 88 valence electrons. The molecular formula is C14H15NOS. The van der Waals surface area contributed by atoms with Crippen molar-refractivity contribution >= 4 is 17.2 Å². The summed E-state index contributed by atoms with van der Waals surface area (Å²) in [5, 5.41) is 4.27. The average Bonchev–Trinajstić information content (AvgIpc) is 2.74. The third-order valence-electron chi connectivity index (χ3n) is 3.00. The molecule has 0 aliphatic heterocycles. The number of carbonyl (C=O) groups excluding carboxylic acids is 1. The first-order chi connectivity index (χ1) is 8.09. The number of hydrogen-bond donors (Lipinski definition) is 1. The lowest BCUT2D eigenvalue weighted by Crippen LogP contribution is -2.18. The highest BCUT2D eigenvalue weighted by atomic mass is 32.1. The van der Waals surface area contributed by atoms with Gasteiger partial charge < -0.3 is 5.73 Å². The molecule has 0 spiro atoms. The quantitative estimate of drug-likeness (QED) is 0.885. The Labute approximate surface area is 105 Å². The number of rotatable bonds is 3. The fourth-order valence-electron chi connectivity index (χ4n) is 1.77. The SMILES string of the molecule is Cc1cscc1-c1ccc(C(C)C(N)=O)cc1. The number of primary amides is 1. The molecule has 1 unspecified atom stereocenters. The summed E-state index contributed by atoms with van der Waals surface area (Å²) in [4.78, 5) is 11.1. The first-order valence-electron chi connectivity index (χ1n) is 5.52. The number of benzene rings is 1. The van der Waals surface area contributed by atoms with Crippen LogP contribution in [0.4, 0.5) is 0 Å². The largest absolute Gasteiger partial charge is 0.369 e. The van der Waals surface area contributed by atoms with Crippen LogP contribution in [0, 0.1) is 6.92 Å². The number of aryl methyl sites for hydroxylation is 1. The summed E-state index contributed by atoms with van der Waals surface area (Å²) in [6.07, 6.45) is 0. The molecule has 1 aromatic carbocycles. The molecular weight excluding hydrogens is 230 g/mol. The van der Waals surface area contributed by atoms with Gasteiger partial charge in [0.15, 0.2) is 0 Å². The first kappa shape index (κ1) is 11.9. The van der Waals surface area contributed by atoms with Gasteiger partial charge in [0.2, 0.25) is 5.91 Å². The summed E-state index contributed by atoms with van der Waals surface area (Å²) >= 11 is 1.70. The fourth-order valence-corrected chi connectivity index (χ4v) is 2.63. The molecule has 2 aromatic rings. The van der Waals surface area contributed by atoms with E-state index in [4.69, 9.17) is 5.73 Å². The second kappa shape index (κ2) is 4.72. The highest BCUT2D eigenvalue weighted by Crippen LogP contribution is 2.28. The van der Waals surface area contributed by atoms with Gasteiger partial charge in [-0.05, 0) is 46.9 Å². The molecule has 0 fully saturated rings. The van der Waals surface area contributed by atoms with Crippen LogP contribution in [-0.4, -0.2) is 5.91 Å². The number of hydrogen-bond acceptors (Lipinski definition) is 2. The molecule has 3 heteroatoms.